The Morgan fingerprint density at radius 1 is 1.23 bits per heavy atom. The number of piperidine rings is 1. The van der Waals surface area contributed by atoms with E-state index in [1.165, 1.54) is 18.2 Å². The molecule has 0 N–H and O–H groups in total. The van der Waals surface area contributed by atoms with Crippen LogP contribution in [0.15, 0.2) is 30.3 Å². The van der Waals surface area contributed by atoms with E-state index in [9.17, 15) is 18.0 Å². The normalized spacial score (nSPS) is 20.9. The van der Waals surface area contributed by atoms with Crippen molar-refractivity contribution in [3.05, 3.63) is 58.6 Å². The molecule has 2 saturated heterocycles. The summed E-state index contributed by atoms with van der Waals surface area (Å²) in [4.78, 5) is 28.9. The maximum atomic E-state index is 13.1. The molecule has 2 aliphatic heterocycles. The fourth-order valence-corrected chi connectivity index (χ4v) is 4.36. The van der Waals surface area contributed by atoms with Crippen LogP contribution in [0.2, 0.25) is 0 Å². The zero-order chi connectivity index (χ0) is 21.5. The highest BCUT2D eigenvalue weighted by molar-refractivity contribution is 5.96. The quantitative estimate of drug-likeness (QED) is 0.716. The van der Waals surface area contributed by atoms with E-state index in [1.54, 1.807) is 24.0 Å². The molecule has 1 aromatic carbocycles. The standard InChI is InChI=1S/C21H20F3N5O/c1-13-7-18(25-2)27-20(26-13)29-11-14-8-16(29)12-28(10-14)19(30)17-6-4-3-5-15(17)9-21(22,23)24/h3-7,14,16H,8-12H2,1H3. The molecular formula is C21H20F3N5O. The number of carbonyl (C=O) groups excluding carboxylic acids is 1. The predicted octanol–water partition coefficient (Wildman–Crippen LogP) is 3.79. The van der Waals surface area contributed by atoms with Crippen molar-refractivity contribution in [1.82, 2.24) is 14.9 Å². The van der Waals surface area contributed by atoms with Crippen LogP contribution in [0.3, 0.4) is 0 Å². The minimum atomic E-state index is -4.38. The number of hydrogen-bond donors (Lipinski definition) is 0. The number of fused-ring (bicyclic) bond motifs is 2. The molecule has 0 saturated carbocycles. The summed E-state index contributed by atoms with van der Waals surface area (Å²) in [5.41, 5.74) is 0.791. The van der Waals surface area contributed by atoms with Crippen LogP contribution in [-0.2, 0) is 6.42 Å². The molecule has 6 nitrogen and oxygen atoms in total. The largest absolute Gasteiger partial charge is 0.393 e. The minimum absolute atomic E-state index is 0.00602. The summed E-state index contributed by atoms with van der Waals surface area (Å²) >= 11 is 0. The number of nitrogens with zero attached hydrogens (tertiary/aromatic N) is 5. The Kier molecular flexibility index (Phi) is 5.10. The Labute approximate surface area is 172 Å². The van der Waals surface area contributed by atoms with Crippen LogP contribution in [0, 0.1) is 19.4 Å². The fraction of sp³-hybridized carbons (Fsp3) is 0.429. The second-order valence-electron chi connectivity index (χ2n) is 7.85. The van der Waals surface area contributed by atoms with Gasteiger partial charge in [-0.2, -0.15) is 18.2 Å². The van der Waals surface area contributed by atoms with Gasteiger partial charge in [-0.25, -0.2) is 0 Å². The number of benzene rings is 1. The molecule has 2 aromatic rings. The van der Waals surface area contributed by atoms with Gasteiger partial charge in [0.25, 0.3) is 11.7 Å². The van der Waals surface area contributed by atoms with Crippen LogP contribution in [0.4, 0.5) is 24.9 Å². The zero-order valence-corrected chi connectivity index (χ0v) is 16.4. The van der Waals surface area contributed by atoms with Gasteiger partial charge in [-0.05, 0) is 37.0 Å². The molecule has 1 amide bonds. The van der Waals surface area contributed by atoms with E-state index in [2.05, 4.69) is 14.8 Å². The lowest BCUT2D eigenvalue weighted by Gasteiger charge is -2.33. The number of halogens is 3. The zero-order valence-electron chi connectivity index (χ0n) is 16.4. The molecule has 2 bridgehead atoms. The highest BCUT2D eigenvalue weighted by atomic mass is 19.4. The average molecular weight is 415 g/mol. The number of alkyl halides is 3. The number of amides is 1. The van der Waals surface area contributed by atoms with Gasteiger partial charge in [0.05, 0.1) is 12.5 Å². The highest BCUT2D eigenvalue weighted by Gasteiger charge is 2.43. The molecule has 2 fully saturated rings. The summed E-state index contributed by atoms with van der Waals surface area (Å²) in [6, 6.07) is 7.52. The van der Waals surface area contributed by atoms with Crippen molar-refractivity contribution in [2.45, 2.75) is 32.0 Å². The summed E-state index contributed by atoms with van der Waals surface area (Å²) in [6.07, 6.45) is -4.64. The smallest absolute Gasteiger partial charge is 0.360 e. The van der Waals surface area contributed by atoms with Gasteiger partial charge in [-0.15, -0.1) is 0 Å². The Hall–Kier alpha value is -3.15. The number of anilines is 1. The van der Waals surface area contributed by atoms with Crippen molar-refractivity contribution in [1.29, 1.82) is 0 Å². The monoisotopic (exact) mass is 415 g/mol. The Morgan fingerprint density at radius 2 is 2.00 bits per heavy atom. The maximum Gasteiger partial charge on any atom is 0.393 e. The second-order valence-corrected chi connectivity index (χ2v) is 7.85. The number of likely N-dealkylation sites (tertiary alicyclic amines) is 1. The lowest BCUT2D eigenvalue weighted by molar-refractivity contribution is -0.127. The molecule has 0 aliphatic carbocycles. The first-order valence-electron chi connectivity index (χ1n) is 9.67. The van der Waals surface area contributed by atoms with Gasteiger partial charge in [0.1, 0.15) is 0 Å². The van der Waals surface area contributed by atoms with Gasteiger partial charge in [0.2, 0.25) is 0 Å². The lowest BCUT2D eigenvalue weighted by atomic mass is 9.97. The molecule has 156 valence electrons. The number of aromatic nitrogens is 2. The number of aryl methyl sites for hydroxylation is 1. The van der Waals surface area contributed by atoms with Crippen molar-refractivity contribution in [3.63, 3.8) is 0 Å². The van der Waals surface area contributed by atoms with Crippen LogP contribution in [0.1, 0.15) is 28.0 Å². The summed E-state index contributed by atoms with van der Waals surface area (Å²) in [6.45, 7) is 10.5. The molecule has 0 spiro atoms. The third-order valence-electron chi connectivity index (χ3n) is 5.54. The van der Waals surface area contributed by atoms with Crippen molar-refractivity contribution in [2.24, 2.45) is 5.92 Å². The van der Waals surface area contributed by atoms with Crippen LogP contribution in [-0.4, -0.2) is 52.6 Å². The molecule has 2 unspecified atom stereocenters. The second kappa shape index (κ2) is 7.59. The molecule has 3 heterocycles. The predicted molar refractivity (Wildman–Crippen MR) is 104 cm³/mol. The third-order valence-corrected chi connectivity index (χ3v) is 5.54. The van der Waals surface area contributed by atoms with E-state index < -0.39 is 12.6 Å². The molecule has 2 aliphatic rings. The van der Waals surface area contributed by atoms with E-state index in [1.807, 2.05) is 4.90 Å². The van der Waals surface area contributed by atoms with Crippen molar-refractivity contribution in [2.75, 3.05) is 24.5 Å². The summed E-state index contributed by atoms with van der Waals surface area (Å²) < 4.78 is 38.8. The van der Waals surface area contributed by atoms with Crippen molar-refractivity contribution < 1.29 is 18.0 Å². The molecule has 9 heteroatoms. The first-order chi connectivity index (χ1) is 14.2. The summed E-state index contributed by atoms with van der Waals surface area (Å²) in [5.74, 6) is 0.551. The van der Waals surface area contributed by atoms with Gasteiger partial charge in [-0.1, -0.05) is 29.8 Å². The number of hydrogen-bond acceptors (Lipinski definition) is 4. The topological polar surface area (TPSA) is 53.7 Å². The van der Waals surface area contributed by atoms with Crippen LogP contribution < -0.4 is 4.90 Å². The Morgan fingerprint density at radius 3 is 2.73 bits per heavy atom. The van der Waals surface area contributed by atoms with E-state index in [0.29, 0.717) is 31.3 Å². The van der Waals surface area contributed by atoms with Gasteiger partial charge >= 0.3 is 12.1 Å². The van der Waals surface area contributed by atoms with Crippen LogP contribution in [0.25, 0.3) is 4.85 Å². The van der Waals surface area contributed by atoms with Crippen LogP contribution >= 0.6 is 0 Å². The van der Waals surface area contributed by atoms with E-state index in [0.717, 1.165) is 6.42 Å². The molecular weight excluding hydrogens is 395 g/mol. The van der Waals surface area contributed by atoms with Gasteiger partial charge in [-0.3, -0.25) is 4.79 Å². The molecule has 1 aromatic heterocycles. The van der Waals surface area contributed by atoms with E-state index in [4.69, 9.17) is 6.57 Å². The molecule has 4 rings (SSSR count). The van der Waals surface area contributed by atoms with E-state index >= 15 is 0 Å². The first kappa shape index (κ1) is 20.1. The maximum absolute atomic E-state index is 13.1. The Bertz CT molecular complexity index is 1020. The summed E-state index contributed by atoms with van der Waals surface area (Å²) in [7, 11) is 0. The van der Waals surface area contributed by atoms with E-state index in [-0.39, 0.29) is 34.8 Å². The van der Waals surface area contributed by atoms with Crippen LogP contribution in [0.5, 0.6) is 0 Å². The van der Waals surface area contributed by atoms with Crippen molar-refractivity contribution >= 4 is 17.7 Å². The van der Waals surface area contributed by atoms with Gasteiger partial charge in [0.15, 0.2) is 0 Å². The highest BCUT2D eigenvalue weighted by Crippen LogP contribution is 2.34. The third kappa shape index (κ3) is 4.08. The van der Waals surface area contributed by atoms with Crippen molar-refractivity contribution in [3.8, 4) is 0 Å². The average Bonchev–Trinajstić information content (AvgIpc) is 2.99. The molecule has 0 radical (unpaired) electrons. The number of carbonyl (C=O) groups is 1. The lowest BCUT2D eigenvalue weighted by Crippen LogP contribution is -2.46. The molecule has 30 heavy (non-hydrogen) atoms. The number of rotatable bonds is 3. The van der Waals surface area contributed by atoms with Gasteiger partial charge in [0, 0.05) is 30.9 Å². The minimum Gasteiger partial charge on any atom is -0.360 e. The van der Waals surface area contributed by atoms with Gasteiger partial charge < -0.3 is 14.6 Å². The fourth-order valence-electron chi connectivity index (χ4n) is 4.36. The SMILES string of the molecule is [C-]#[N+]c1cc(C)nc(N2CC3CC2CN(C(=O)c2ccccc2CC(F)(F)F)C3)n1. The summed E-state index contributed by atoms with van der Waals surface area (Å²) in [5, 5.41) is 0. The molecule has 2 atom stereocenters. The first-order valence-corrected chi connectivity index (χ1v) is 9.67. The Balaban J connectivity index is 1.56.